The van der Waals surface area contributed by atoms with Crippen LogP contribution in [0.15, 0.2) is 29.0 Å². The monoisotopic (exact) mass is 436 g/mol. The maximum atomic E-state index is 10.7. The van der Waals surface area contributed by atoms with Gasteiger partial charge in [0.15, 0.2) is 0 Å². The quantitative estimate of drug-likeness (QED) is 0.540. The summed E-state index contributed by atoms with van der Waals surface area (Å²) >= 11 is 12.6. The first-order chi connectivity index (χ1) is 13.8. The van der Waals surface area contributed by atoms with E-state index in [1.165, 1.54) is 6.20 Å². The van der Waals surface area contributed by atoms with Crippen LogP contribution in [-0.2, 0) is 11.2 Å². The summed E-state index contributed by atoms with van der Waals surface area (Å²) in [4.78, 5) is 23.5. The second-order valence-corrected chi connectivity index (χ2v) is 7.25. The molecule has 3 rings (SSSR count). The Labute approximate surface area is 176 Å². The van der Waals surface area contributed by atoms with Crippen LogP contribution in [0.1, 0.15) is 32.4 Å². The summed E-state index contributed by atoms with van der Waals surface area (Å²) in [7, 11) is 0. The number of carboxylic acid groups (broad SMARTS) is 1. The first-order valence-electron chi connectivity index (χ1n) is 8.87. The first-order valence-corrected chi connectivity index (χ1v) is 9.62. The van der Waals surface area contributed by atoms with Crippen LogP contribution >= 0.6 is 23.2 Å². The topological polar surface area (TPSA) is 111 Å². The summed E-state index contributed by atoms with van der Waals surface area (Å²) in [6.45, 7) is 3.76. The van der Waals surface area contributed by atoms with Crippen molar-refractivity contribution in [3.8, 4) is 28.7 Å². The predicted molar refractivity (Wildman–Crippen MR) is 107 cm³/mol. The van der Waals surface area contributed by atoms with E-state index in [-0.39, 0.29) is 24.2 Å². The molecule has 0 aliphatic rings. The highest BCUT2D eigenvalue weighted by Crippen LogP contribution is 2.32. The van der Waals surface area contributed by atoms with Gasteiger partial charge in [0, 0.05) is 24.4 Å². The number of carboxylic acids is 1. The van der Waals surface area contributed by atoms with Gasteiger partial charge in [-0.05, 0) is 38.8 Å². The minimum absolute atomic E-state index is 0.0405. The fourth-order valence-corrected chi connectivity index (χ4v) is 3.05. The molecule has 0 amide bonds. The number of aliphatic carboxylic acids is 1. The molecule has 3 aromatic rings. The number of ether oxygens (including phenoxy) is 1. The molecule has 0 fully saturated rings. The van der Waals surface area contributed by atoms with E-state index >= 15 is 0 Å². The van der Waals surface area contributed by atoms with Crippen LogP contribution in [0, 0.1) is 0 Å². The van der Waals surface area contributed by atoms with Crippen LogP contribution in [0.3, 0.4) is 0 Å². The highest BCUT2D eigenvalue weighted by molar-refractivity contribution is 6.33. The van der Waals surface area contributed by atoms with Crippen molar-refractivity contribution in [2.75, 3.05) is 0 Å². The van der Waals surface area contributed by atoms with Crippen molar-refractivity contribution in [1.82, 2.24) is 20.1 Å². The van der Waals surface area contributed by atoms with Gasteiger partial charge in [-0.15, -0.1) is 0 Å². The Morgan fingerprint density at radius 3 is 2.79 bits per heavy atom. The van der Waals surface area contributed by atoms with Gasteiger partial charge in [0.25, 0.3) is 5.89 Å². The van der Waals surface area contributed by atoms with Crippen LogP contribution in [0.4, 0.5) is 0 Å². The third-order valence-electron chi connectivity index (χ3n) is 3.83. The molecule has 0 spiro atoms. The smallest absolute Gasteiger partial charge is 0.303 e. The summed E-state index contributed by atoms with van der Waals surface area (Å²) in [5.74, 6) is -0.0261. The van der Waals surface area contributed by atoms with E-state index in [0.29, 0.717) is 45.6 Å². The van der Waals surface area contributed by atoms with E-state index in [4.69, 9.17) is 37.6 Å². The van der Waals surface area contributed by atoms with Crippen molar-refractivity contribution < 1.29 is 19.2 Å². The van der Waals surface area contributed by atoms with Gasteiger partial charge in [-0.25, -0.2) is 4.98 Å². The Kier molecular flexibility index (Phi) is 6.66. The van der Waals surface area contributed by atoms with Gasteiger partial charge in [-0.3, -0.25) is 9.78 Å². The molecular formula is C19H18Cl2N4O4. The Morgan fingerprint density at radius 1 is 1.31 bits per heavy atom. The fraction of sp³-hybridized carbons (Fsp3) is 0.316. The minimum atomic E-state index is -0.864. The lowest BCUT2D eigenvalue weighted by Crippen LogP contribution is -2.07. The average Bonchev–Trinajstić information content (AvgIpc) is 3.14. The molecule has 0 bridgehead atoms. The highest BCUT2D eigenvalue weighted by atomic mass is 35.5. The molecule has 0 atom stereocenters. The molecule has 0 unspecified atom stereocenters. The van der Waals surface area contributed by atoms with E-state index in [2.05, 4.69) is 20.1 Å². The van der Waals surface area contributed by atoms with Gasteiger partial charge < -0.3 is 14.4 Å². The van der Waals surface area contributed by atoms with Crippen molar-refractivity contribution in [2.45, 2.75) is 39.2 Å². The largest absolute Gasteiger partial charge is 0.481 e. The molecule has 0 radical (unpaired) electrons. The van der Waals surface area contributed by atoms with Crippen molar-refractivity contribution in [3.63, 3.8) is 0 Å². The Bertz CT molecular complexity index is 1020. The lowest BCUT2D eigenvalue weighted by atomic mass is 10.1. The van der Waals surface area contributed by atoms with Crippen LogP contribution in [0.25, 0.3) is 22.8 Å². The molecule has 0 saturated heterocycles. The average molecular weight is 437 g/mol. The van der Waals surface area contributed by atoms with Crippen molar-refractivity contribution in [2.24, 2.45) is 0 Å². The molecule has 3 aromatic heterocycles. The van der Waals surface area contributed by atoms with Crippen molar-refractivity contribution in [1.29, 1.82) is 0 Å². The third-order valence-corrected chi connectivity index (χ3v) is 4.53. The summed E-state index contributed by atoms with van der Waals surface area (Å²) in [5.41, 5.74) is 1.66. The zero-order chi connectivity index (χ0) is 21.0. The number of aromatic nitrogens is 4. The van der Waals surface area contributed by atoms with E-state index in [0.717, 1.165) is 0 Å². The molecule has 3 heterocycles. The Hall–Kier alpha value is -2.71. The number of rotatable bonds is 8. The second kappa shape index (κ2) is 9.19. The van der Waals surface area contributed by atoms with Crippen LogP contribution in [0.5, 0.6) is 5.88 Å². The van der Waals surface area contributed by atoms with E-state index < -0.39 is 5.97 Å². The molecule has 1 N–H and O–H groups in total. The van der Waals surface area contributed by atoms with Gasteiger partial charge >= 0.3 is 5.97 Å². The number of pyridine rings is 2. The lowest BCUT2D eigenvalue weighted by molar-refractivity contribution is -0.137. The number of nitrogens with zero attached hydrogens (tertiary/aromatic N) is 4. The molecule has 10 heteroatoms. The molecule has 0 aliphatic heterocycles. The van der Waals surface area contributed by atoms with Gasteiger partial charge in [-0.1, -0.05) is 28.4 Å². The predicted octanol–water partition coefficient (Wildman–Crippen LogP) is 4.69. The summed E-state index contributed by atoms with van der Waals surface area (Å²) in [6, 6.07) is 3.30. The molecule has 29 heavy (non-hydrogen) atoms. The molecule has 0 saturated carbocycles. The highest BCUT2D eigenvalue weighted by Gasteiger charge is 2.17. The maximum Gasteiger partial charge on any atom is 0.303 e. The van der Waals surface area contributed by atoms with Crippen molar-refractivity contribution in [3.05, 3.63) is 40.3 Å². The minimum Gasteiger partial charge on any atom is -0.481 e. The Morgan fingerprint density at radius 2 is 2.10 bits per heavy atom. The number of aryl methyl sites for hydroxylation is 1. The zero-order valence-corrected chi connectivity index (χ0v) is 17.2. The number of hydrogen-bond donors (Lipinski definition) is 1. The summed E-state index contributed by atoms with van der Waals surface area (Å²) in [6.07, 6.45) is 3.95. The van der Waals surface area contributed by atoms with Gasteiger partial charge in [0.2, 0.25) is 11.7 Å². The number of carbonyl (C=O) groups is 1. The SMILES string of the molecule is CC(C)Oc1ncc(-c2nc(-c3ccnc(CCCC(=O)O)c3Cl)no2)cc1Cl. The van der Waals surface area contributed by atoms with Gasteiger partial charge in [0.1, 0.15) is 5.02 Å². The van der Waals surface area contributed by atoms with Crippen LogP contribution in [-0.4, -0.2) is 37.3 Å². The first kappa shape index (κ1) is 21.0. The molecule has 152 valence electrons. The summed E-state index contributed by atoms with van der Waals surface area (Å²) in [5, 5.41) is 13.4. The molecule has 0 aromatic carbocycles. The van der Waals surface area contributed by atoms with Gasteiger partial charge in [0.05, 0.1) is 22.4 Å². The zero-order valence-electron chi connectivity index (χ0n) is 15.7. The number of hydrogen-bond acceptors (Lipinski definition) is 7. The van der Waals surface area contributed by atoms with Crippen molar-refractivity contribution >= 4 is 29.2 Å². The van der Waals surface area contributed by atoms with Crippen LogP contribution in [0.2, 0.25) is 10.0 Å². The van der Waals surface area contributed by atoms with E-state index in [1.807, 2.05) is 13.8 Å². The normalized spacial score (nSPS) is 11.1. The fourth-order valence-electron chi connectivity index (χ4n) is 2.54. The second-order valence-electron chi connectivity index (χ2n) is 6.47. The number of halogens is 2. The van der Waals surface area contributed by atoms with Gasteiger partial charge in [-0.2, -0.15) is 4.98 Å². The standard InChI is InChI=1S/C19H18Cl2N4O4/c1-10(2)28-19-13(20)8-11(9-23-19)18-24-17(25-29-18)12-6-7-22-14(16(12)21)4-3-5-15(26)27/h6-10H,3-5H2,1-2H3,(H,26,27). The Balaban J connectivity index is 1.83. The van der Waals surface area contributed by atoms with E-state index in [9.17, 15) is 4.79 Å². The maximum absolute atomic E-state index is 10.7. The molecular weight excluding hydrogens is 419 g/mol. The summed E-state index contributed by atoms with van der Waals surface area (Å²) < 4.78 is 10.8. The van der Waals surface area contributed by atoms with Crippen LogP contribution < -0.4 is 4.74 Å². The molecule has 8 nitrogen and oxygen atoms in total. The third kappa shape index (κ3) is 5.21. The molecule has 0 aliphatic carbocycles. The van der Waals surface area contributed by atoms with E-state index in [1.54, 1.807) is 18.3 Å². The lowest BCUT2D eigenvalue weighted by Gasteiger charge is -2.09.